The number of carbonyl (C=O) groups excluding carboxylic acids is 2. The predicted molar refractivity (Wildman–Crippen MR) is 119 cm³/mol. The third kappa shape index (κ3) is 5.83. The van der Waals surface area contributed by atoms with Crippen molar-refractivity contribution in [2.45, 2.75) is 39.5 Å². The minimum absolute atomic E-state index is 0.0460. The minimum atomic E-state index is -0.0460. The number of nitrogens with one attached hydrogen (secondary N) is 1. The molecule has 0 unspecified atom stereocenters. The maximum Gasteiger partial charge on any atom is 0.321 e. The standard InChI is InChI=1S/C24H31N3O2/c1-3-4-5-6-20-7-11-22(12-8-20)25-24(29)27-17-15-26(16-18-27)23-13-9-21(10-14-23)19(2)28/h7-14H,3-6,15-18H2,1-2H3,(H,25,29). The van der Waals surface area contributed by atoms with Crippen LogP contribution in [-0.2, 0) is 6.42 Å². The van der Waals surface area contributed by atoms with Gasteiger partial charge in [-0.2, -0.15) is 0 Å². The molecule has 1 aliphatic rings. The van der Waals surface area contributed by atoms with Crippen LogP contribution in [0.3, 0.4) is 0 Å². The van der Waals surface area contributed by atoms with Crippen molar-refractivity contribution in [3.63, 3.8) is 0 Å². The van der Waals surface area contributed by atoms with Crippen LogP contribution < -0.4 is 10.2 Å². The number of nitrogens with zero attached hydrogens (tertiary/aromatic N) is 2. The van der Waals surface area contributed by atoms with E-state index in [2.05, 4.69) is 29.3 Å². The highest BCUT2D eigenvalue weighted by atomic mass is 16.2. The van der Waals surface area contributed by atoms with Crippen molar-refractivity contribution in [2.24, 2.45) is 0 Å². The molecule has 2 aromatic rings. The number of aryl methyl sites for hydroxylation is 1. The quantitative estimate of drug-likeness (QED) is 0.533. The van der Waals surface area contributed by atoms with Gasteiger partial charge in [0, 0.05) is 43.1 Å². The number of hydrogen-bond acceptors (Lipinski definition) is 3. The molecule has 1 aliphatic heterocycles. The molecule has 2 amide bonds. The van der Waals surface area contributed by atoms with Crippen molar-refractivity contribution in [1.82, 2.24) is 4.90 Å². The molecule has 1 N–H and O–H groups in total. The van der Waals surface area contributed by atoms with E-state index in [0.29, 0.717) is 13.1 Å². The summed E-state index contributed by atoms with van der Waals surface area (Å²) in [5, 5.41) is 3.01. The van der Waals surface area contributed by atoms with Gasteiger partial charge < -0.3 is 15.1 Å². The zero-order chi connectivity index (χ0) is 20.6. The number of anilines is 2. The molecule has 0 saturated carbocycles. The van der Waals surface area contributed by atoms with Crippen molar-refractivity contribution >= 4 is 23.2 Å². The summed E-state index contributed by atoms with van der Waals surface area (Å²) in [5.74, 6) is 0.0760. The van der Waals surface area contributed by atoms with E-state index in [1.165, 1.54) is 24.8 Å². The van der Waals surface area contributed by atoms with Gasteiger partial charge in [-0.1, -0.05) is 31.9 Å². The Labute approximate surface area is 173 Å². The second-order valence-corrected chi connectivity index (χ2v) is 7.66. The first-order chi connectivity index (χ1) is 14.1. The fourth-order valence-electron chi connectivity index (χ4n) is 3.61. The van der Waals surface area contributed by atoms with Crippen LogP contribution in [0.15, 0.2) is 48.5 Å². The fourth-order valence-corrected chi connectivity index (χ4v) is 3.61. The van der Waals surface area contributed by atoms with Crippen LogP contribution in [0.1, 0.15) is 49.0 Å². The van der Waals surface area contributed by atoms with E-state index in [0.717, 1.165) is 36.4 Å². The van der Waals surface area contributed by atoms with Crippen LogP contribution in [0, 0.1) is 0 Å². The maximum atomic E-state index is 12.6. The van der Waals surface area contributed by atoms with E-state index >= 15 is 0 Å². The van der Waals surface area contributed by atoms with Crippen molar-refractivity contribution in [3.8, 4) is 0 Å². The summed E-state index contributed by atoms with van der Waals surface area (Å²) in [7, 11) is 0. The largest absolute Gasteiger partial charge is 0.368 e. The topological polar surface area (TPSA) is 52.7 Å². The third-order valence-electron chi connectivity index (χ3n) is 5.48. The van der Waals surface area contributed by atoms with Crippen molar-refractivity contribution in [3.05, 3.63) is 59.7 Å². The van der Waals surface area contributed by atoms with Crippen LogP contribution in [-0.4, -0.2) is 42.9 Å². The van der Waals surface area contributed by atoms with Gasteiger partial charge in [0.25, 0.3) is 0 Å². The van der Waals surface area contributed by atoms with E-state index in [1.54, 1.807) is 6.92 Å². The lowest BCUT2D eigenvalue weighted by atomic mass is 10.1. The second kappa shape index (κ2) is 10.1. The molecule has 0 atom stereocenters. The number of unbranched alkanes of at least 4 members (excludes halogenated alkanes) is 2. The first-order valence-electron chi connectivity index (χ1n) is 10.6. The molecule has 29 heavy (non-hydrogen) atoms. The lowest BCUT2D eigenvalue weighted by Crippen LogP contribution is -2.50. The van der Waals surface area contributed by atoms with Crippen LogP contribution >= 0.6 is 0 Å². The number of urea groups is 1. The highest BCUT2D eigenvalue weighted by Crippen LogP contribution is 2.19. The number of piperazine rings is 1. The SMILES string of the molecule is CCCCCc1ccc(NC(=O)N2CCN(c3ccc(C(C)=O)cc3)CC2)cc1. The van der Waals surface area contributed by atoms with E-state index in [-0.39, 0.29) is 11.8 Å². The zero-order valence-electron chi connectivity index (χ0n) is 17.5. The zero-order valence-corrected chi connectivity index (χ0v) is 17.5. The van der Waals surface area contributed by atoms with Gasteiger partial charge in [-0.3, -0.25) is 4.79 Å². The molecule has 0 aliphatic carbocycles. The van der Waals surface area contributed by atoms with Gasteiger partial charge in [0.05, 0.1) is 0 Å². The summed E-state index contributed by atoms with van der Waals surface area (Å²) in [5.41, 5.74) is 3.98. The Kier molecular flexibility index (Phi) is 7.28. The molecule has 2 aromatic carbocycles. The van der Waals surface area contributed by atoms with Crippen molar-refractivity contribution < 1.29 is 9.59 Å². The van der Waals surface area contributed by atoms with Crippen molar-refractivity contribution in [2.75, 3.05) is 36.4 Å². The second-order valence-electron chi connectivity index (χ2n) is 7.66. The summed E-state index contributed by atoms with van der Waals surface area (Å²) >= 11 is 0. The van der Waals surface area contributed by atoms with Crippen LogP contribution in [0.2, 0.25) is 0 Å². The molecule has 154 valence electrons. The Morgan fingerprint density at radius 3 is 2.14 bits per heavy atom. The van der Waals surface area contributed by atoms with Gasteiger partial charge in [0.15, 0.2) is 5.78 Å². The summed E-state index contributed by atoms with van der Waals surface area (Å²) in [6.45, 7) is 6.70. The maximum absolute atomic E-state index is 12.6. The number of carbonyl (C=O) groups is 2. The molecule has 0 bridgehead atoms. The first kappa shape index (κ1) is 20.9. The summed E-state index contributed by atoms with van der Waals surface area (Å²) in [4.78, 5) is 28.1. The van der Waals surface area contributed by atoms with Gasteiger partial charge in [-0.05, 0) is 61.7 Å². The van der Waals surface area contributed by atoms with Gasteiger partial charge >= 0.3 is 6.03 Å². The molecule has 5 nitrogen and oxygen atoms in total. The monoisotopic (exact) mass is 393 g/mol. The van der Waals surface area contributed by atoms with E-state index in [4.69, 9.17) is 0 Å². The highest BCUT2D eigenvalue weighted by molar-refractivity contribution is 5.94. The van der Waals surface area contributed by atoms with Gasteiger partial charge in [-0.25, -0.2) is 4.79 Å². The number of rotatable bonds is 7. The molecule has 5 heteroatoms. The van der Waals surface area contributed by atoms with Gasteiger partial charge in [0.1, 0.15) is 0 Å². The average Bonchev–Trinajstić information content (AvgIpc) is 2.75. The molecule has 1 heterocycles. The minimum Gasteiger partial charge on any atom is -0.368 e. The van der Waals surface area contributed by atoms with Crippen LogP contribution in [0.5, 0.6) is 0 Å². The van der Waals surface area contributed by atoms with E-state index in [1.807, 2.05) is 41.3 Å². The Balaban J connectivity index is 1.47. The molecule has 3 rings (SSSR count). The lowest BCUT2D eigenvalue weighted by Gasteiger charge is -2.36. The predicted octanol–water partition coefficient (Wildman–Crippen LogP) is 4.98. The molecule has 0 aromatic heterocycles. The molecular weight excluding hydrogens is 362 g/mol. The fraction of sp³-hybridized carbons (Fsp3) is 0.417. The number of benzene rings is 2. The molecule has 0 spiro atoms. The normalized spacial score (nSPS) is 14.0. The third-order valence-corrected chi connectivity index (χ3v) is 5.48. The highest BCUT2D eigenvalue weighted by Gasteiger charge is 2.21. The average molecular weight is 394 g/mol. The lowest BCUT2D eigenvalue weighted by molar-refractivity contribution is 0.101. The van der Waals surface area contributed by atoms with E-state index in [9.17, 15) is 9.59 Å². The number of ketones is 1. The Morgan fingerprint density at radius 2 is 1.55 bits per heavy atom. The number of amides is 2. The molecule has 1 fully saturated rings. The Hall–Kier alpha value is -2.82. The van der Waals surface area contributed by atoms with Crippen LogP contribution in [0.25, 0.3) is 0 Å². The molecule has 0 radical (unpaired) electrons. The Morgan fingerprint density at radius 1 is 0.897 bits per heavy atom. The summed E-state index contributed by atoms with van der Waals surface area (Å²) in [6.07, 6.45) is 4.79. The number of Topliss-reactive ketones (excluding diaryl/α,β-unsaturated/α-hetero) is 1. The van der Waals surface area contributed by atoms with Crippen LogP contribution in [0.4, 0.5) is 16.2 Å². The smallest absolute Gasteiger partial charge is 0.321 e. The summed E-state index contributed by atoms with van der Waals surface area (Å²) < 4.78 is 0. The van der Waals surface area contributed by atoms with Crippen molar-refractivity contribution in [1.29, 1.82) is 0 Å². The molecule has 1 saturated heterocycles. The first-order valence-corrected chi connectivity index (χ1v) is 10.6. The summed E-state index contributed by atoms with van der Waals surface area (Å²) in [6, 6.07) is 15.8. The molecular formula is C24H31N3O2. The van der Waals surface area contributed by atoms with Gasteiger partial charge in [-0.15, -0.1) is 0 Å². The van der Waals surface area contributed by atoms with E-state index < -0.39 is 0 Å². The van der Waals surface area contributed by atoms with Gasteiger partial charge in [0.2, 0.25) is 0 Å². The Bertz CT molecular complexity index is 807. The number of hydrogen-bond donors (Lipinski definition) is 1.